The number of carbonyl (C=O) groups excluding carboxylic acids is 1. The van der Waals surface area contributed by atoms with Crippen LogP contribution in [0, 0.1) is 5.82 Å². The number of hydrogen-bond acceptors (Lipinski definition) is 3. The maximum atomic E-state index is 14.3. The predicted octanol–water partition coefficient (Wildman–Crippen LogP) is 5.44. The Hall–Kier alpha value is -4.08. The topological polar surface area (TPSA) is 104 Å². The van der Waals surface area contributed by atoms with Gasteiger partial charge in [-0.05, 0) is 54.1 Å². The Labute approximate surface area is 173 Å². The molecule has 0 aromatic heterocycles. The zero-order chi connectivity index (χ0) is 22.8. The van der Waals surface area contributed by atoms with Crippen LogP contribution in [-0.4, -0.2) is 17.1 Å². The van der Waals surface area contributed by atoms with Crippen molar-refractivity contribution in [3.05, 3.63) is 77.6 Å². The Morgan fingerprint density at radius 2 is 1.58 bits per heavy atom. The summed E-state index contributed by atoms with van der Waals surface area (Å²) in [5.41, 5.74) is 5.63. The van der Waals surface area contributed by atoms with Gasteiger partial charge >= 0.3 is 12.3 Å². The average molecular weight is 433 g/mol. The molecule has 2 amide bonds. The van der Waals surface area contributed by atoms with Gasteiger partial charge in [-0.2, -0.15) is 13.2 Å². The van der Waals surface area contributed by atoms with Crippen LogP contribution in [0.3, 0.4) is 0 Å². The van der Waals surface area contributed by atoms with Gasteiger partial charge in [0.1, 0.15) is 5.82 Å². The second-order valence-electron chi connectivity index (χ2n) is 6.46. The molecular formula is C21H15F4N3O3. The number of alkyl halides is 3. The number of halogens is 4. The SMILES string of the molecule is Nc1ccc(-c2ccc(C(F)(F)F)cc2F)cc1NC(=O)c1ccc(NC(=O)O)cc1. The van der Waals surface area contributed by atoms with Crippen LogP contribution in [0.15, 0.2) is 60.7 Å². The third kappa shape index (κ3) is 5.10. The van der Waals surface area contributed by atoms with Gasteiger partial charge in [-0.3, -0.25) is 10.1 Å². The average Bonchev–Trinajstić information content (AvgIpc) is 2.69. The third-order valence-corrected chi connectivity index (χ3v) is 4.31. The fourth-order valence-electron chi connectivity index (χ4n) is 2.78. The number of hydrogen-bond donors (Lipinski definition) is 4. The molecule has 5 N–H and O–H groups in total. The number of amides is 2. The second-order valence-corrected chi connectivity index (χ2v) is 6.46. The molecule has 0 spiro atoms. The Bertz CT molecular complexity index is 1150. The van der Waals surface area contributed by atoms with Crippen molar-refractivity contribution in [2.75, 3.05) is 16.4 Å². The van der Waals surface area contributed by atoms with Crippen molar-refractivity contribution in [1.29, 1.82) is 0 Å². The fourth-order valence-corrected chi connectivity index (χ4v) is 2.78. The standard InChI is InChI=1S/C21H15F4N3O3/c22-16-10-13(21(23,24)25)4-7-15(16)12-3-8-17(26)18(9-12)28-19(29)11-1-5-14(6-2-11)27-20(30)31/h1-10,27H,26H2,(H,28,29)(H,30,31). The van der Waals surface area contributed by atoms with Gasteiger partial charge in [0, 0.05) is 16.8 Å². The molecule has 3 rings (SSSR count). The summed E-state index contributed by atoms with van der Waals surface area (Å²) in [6.07, 6.45) is -5.92. The quantitative estimate of drug-likeness (QED) is 0.325. The van der Waals surface area contributed by atoms with Crippen molar-refractivity contribution in [2.24, 2.45) is 0 Å². The summed E-state index contributed by atoms with van der Waals surface area (Å²) < 4.78 is 52.5. The van der Waals surface area contributed by atoms with Gasteiger partial charge in [0.2, 0.25) is 0 Å². The summed E-state index contributed by atoms with van der Waals surface area (Å²) >= 11 is 0. The first-order chi connectivity index (χ1) is 14.5. The molecule has 0 heterocycles. The van der Waals surface area contributed by atoms with Gasteiger partial charge in [-0.1, -0.05) is 12.1 Å². The van der Waals surface area contributed by atoms with Crippen molar-refractivity contribution in [1.82, 2.24) is 0 Å². The van der Waals surface area contributed by atoms with Crippen molar-refractivity contribution in [3.63, 3.8) is 0 Å². The highest BCUT2D eigenvalue weighted by atomic mass is 19.4. The molecule has 10 heteroatoms. The van der Waals surface area contributed by atoms with E-state index in [1.165, 1.54) is 42.5 Å². The van der Waals surface area contributed by atoms with Crippen LogP contribution in [0.2, 0.25) is 0 Å². The molecule has 0 bridgehead atoms. The second kappa shape index (κ2) is 8.34. The molecule has 0 fully saturated rings. The molecule has 0 aliphatic heterocycles. The molecule has 0 saturated heterocycles. The lowest BCUT2D eigenvalue weighted by Gasteiger charge is -2.13. The highest BCUT2D eigenvalue weighted by Gasteiger charge is 2.31. The molecule has 6 nitrogen and oxygen atoms in total. The minimum absolute atomic E-state index is 0.0902. The summed E-state index contributed by atoms with van der Waals surface area (Å²) in [5.74, 6) is -1.64. The van der Waals surface area contributed by atoms with Gasteiger partial charge < -0.3 is 16.2 Å². The van der Waals surface area contributed by atoms with Crippen LogP contribution in [0.25, 0.3) is 11.1 Å². The number of carbonyl (C=O) groups is 2. The molecule has 3 aromatic rings. The van der Waals surface area contributed by atoms with Crippen molar-refractivity contribution < 1.29 is 32.3 Å². The van der Waals surface area contributed by atoms with Crippen LogP contribution < -0.4 is 16.4 Å². The van der Waals surface area contributed by atoms with E-state index in [0.29, 0.717) is 6.07 Å². The Morgan fingerprint density at radius 1 is 0.903 bits per heavy atom. The molecule has 160 valence electrons. The smallest absolute Gasteiger partial charge is 0.416 e. The van der Waals surface area contributed by atoms with Crippen LogP contribution in [0.1, 0.15) is 15.9 Å². The van der Waals surface area contributed by atoms with E-state index in [0.717, 1.165) is 12.1 Å². The first kappa shape index (κ1) is 21.6. The summed E-state index contributed by atoms with van der Waals surface area (Å²) in [4.78, 5) is 23.1. The Balaban J connectivity index is 1.85. The first-order valence-electron chi connectivity index (χ1n) is 8.72. The summed E-state index contributed by atoms with van der Waals surface area (Å²) in [7, 11) is 0. The number of nitrogens with two attached hydrogens (primary N) is 1. The van der Waals surface area contributed by atoms with Crippen LogP contribution in [-0.2, 0) is 6.18 Å². The van der Waals surface area contributed by atoms with E-state index in [1.54, 1.807) is 0 Å². The lowest BCUT2D eigenvalue weighted by atomic mass is 10.0. The lowest BCUT2D eigenvalue weighted by Crippen LogP contribution is -2.14. The minimum atomic E-state index is -4.67. The summed E-state index contributed by atoms with van der Waals surface area (Å²) in [5, 5.41) is 13.4. The number of carboxylic acid groups (broad SMARTS) is 1. The lowest BCUT2D eigenvalue weighted by molar-refractivity contribution is -0.137. The highest BCUT2D eigenvalue weighted by Crippen LogP contribution is 2.34. The van der Waals surface area contributed by atoms with Gasteiger partial charge in [0.25, 0.3) is 5.91 Å². The number of rotatable bonds is 4. The fraction of sp³-hybridized carbons (Fsp3) is 0.0476. The van der Waals surface area contributed by atoms with E-state index in [4.69, 9.17) is 10.8 Å². The van der Waals surface area contributed by atoms with Gasteiger partial charge in [-0.15, -0.1) is 0 Å². The molecule has 0 radical (unpaired) electrons. The zero-order valence-corrected chi connectivity index (χ0v) is 15.6. The van der Waals surface area contributed by atoms with E-state index >= 15 is 0 Å². The van der Waals surface area contributed by atoms with Gasteiger partial charge in [-0.25, -0.2) is 9.18 Å². The normalized spacial score (nSPS) is 11.1. The number of benzene rings is 3. The molecule has 3 aromatic carbocycles. The monoisotopic (exact) mass is 433 g/mol. The third-order valence-electron chi connectivity index (χ3n) is 4.31. The molecular weight excluding hydrogens is 418 g/mol. The molecule has 0 aliphatic rings. The van der Waals surface area contributed by atoms with Crippen LogP contribution >= 0.6 is 0 Å². The van der Waals surface area contributed by atoms with E-state index in [2.05, 4.69) is 10.6 Å². The highest BCUT2D eigenvalue weighted by molar-refractivity contribution is 6.06. The molecule has 0 atom stereocenters. The Kier molecular flexibility index (Phi) is 5.82. The minimum Gasteiger partial charge on any atom is -0.465 e. The van der Waals surface area contributed by atoms with Crippen molar-refractivity contribution >= 4 is 29.1 Å². The zero-order valence-electron chi connectivity index (χ0n) is 15.6. The van der Waals surface area contributed by atoms with Crippen LogP contribution in [0.4, 0.5) is 39.4 Å². The molecule has 0 aliphatic carbocycles. The van der Waals surface area contributed by atoms with Gasteiger partial charge in [0.05, 0.1) is 16.9 Å². The largest absolute Gasteiger partial charge is 0.465 e. The first-order valence-corrected chi connectivity index (χ1v) is 8.72. The summed E-state index contributed by atoms with van der Waals surface area (Å²) in [6, 6.07) is 11.9. The number of nitrogen functional groups attached to an aromatic ring is 1. The van der Waals surface area contributed by atoms with Crippen LogP contribution in [0.5, 0.6) is 0 Å². The maximum absolute atomic E-state index is 14.3. The number of nitrogens with one attached hydrogen (secondary N) is 2. The maximum Gasteiger partial charge on any atom is 0.416 e. The Morgan fingerprint density at radius 3 is 2.16 bits per heavy atom. The summed E-state index contributed by atoms with van der Waals surface area (Å²) in [6.45, 7) is 0. The van der Waals surface area contributed by atoms with E-state index in [1.807, 2.05) is 0 Å². The van der Waals surface area contributed by atoms with E-state index in [9.17, 15) is 27.2 Å². The van der Waals surface area contributed by atoms with E-state index in [-0.39, 0.29) is 33.8 Å². The van der Waals surface area contributed by atoms with Crippen molar-refractivity contribution in [3.8, 4) is 11.1 Å². The molecule has 0 saturated carbocycles. The van der Waals surface area contributed by atoms with Gasteiger partial charge in [0.15, 0.2) is 0 Å². The number of anilines is 3. The predicted molar refractivity (Wildman–Crippen MR) is 107 cm³/mol. The molecule has 31 heavy (non-hydrogen) atoms. The van der Waals surface area contributed by atoms with E-state index < -0.39 is 29.6 Å². The molecule has 0 unspecified atom stereocenters. The van der Waals surface area contributed by atoms with Crippen molar-refractivity contribution in [2.45, 2.75) is 6.18 Å².